The van der Waals surface area contributed by atoms with E-state index in [1.165, 1.54) is 89.9 Å². The van der Waals surface area contributed by atoms with E-state index in [0.717, 1.165) is 44.4 Å². The highest BCUT2D eigenvalue weighted by atomic mass is 16.5. The Balaban J connectivity index is 2.34. The number of unbranched alkanes of at least 4 members (excludes halogenated alkanes) is 13. The molecule has 0 heterocycles. The number of esters is 1. The Morgan fingerprint density at radius 1 is 0.714 bits per heavy atom. The molecule has 0 radical (unpaired) electrons. The summed E-state index contributed by atoms with van der Waals surface area (Å²) in [6.45, 7) is 6.84. The number of ether oxygens (including phenoxy) is 1. The fraction of sp³-hybridized carbons (Fsp3) is 0.935. The maximum atomic E-state index is 12.9. The van der Waals surface area contributed by atoms with Crippen molar-refractivity contribution >= 4 is 11.9 Å². The number of hydrogen-bond acceptors (Lipinski definition) is 3. The summed E-state index contributed by atoms with van der Waals surface area (Å²) < 4.78 is 6.03. The molecular weight excluding hydrogens is 436 g/mol. The molecule has 206 valence electrons. The average molecular weight is 495 g/mol. The molecule has 1 aliphatic carbocycles. The van der Waals surface area contributed by atoms with E-state index in [1.807, 2.05) is 0 Å². The van der Waals surface area contributed by atoms with Gasteiger partial charge in [0.2, 0.25) is 0 Å². The monoisotopic (exact) mass is 494 g/mol. The Kier molecular flexibility index (Phi) is 19.2. The van der Waals surface area contributed by atoms with Crippen molar-refractivity contribution in [3.63, 3.8) is 0 Å². The first-order valence-corrected chi connectivity index (χ1v) is 15.4. The quantitative estimate of drug-likeness (QED) is 0.120. The van der Waals surface area contributed by atoms with Gasteiger partial charge in [-0.2, -0.15) is 0 Å². The summed E-state index contributed by atoms with van der Waals surface area (Å²) in [5.74, 6) is -0.712. The van der Waals surface area contributed by atoms with Gasteiger partial charge >= 0.3 is 11.9 Å². The maximum absolute atomic E-state index is 12.9. The van der Waals surface area contributed by atoms with Crippen LogP contribution in [0.2, 0.25) is 0 Å². The van der Waals surface area contributed by atoms with Crippen LogP contribution < -0.4 is 0 Å². The largest absolute Gasteiger partial charge is 0.481 e. The van der Waals surface area contributed by atoms with Crippen LogP contribution in [0.4, 0.5) is 0 Å². The molecular formula is C31H58O4. The molecule has 0 amide bonds. The van der Waals surface area contributed by atoms with Crippen molar-refractivity contribution in [2.24, 2.45) is 17.8 Å². The molecule has 0 aromatic rings. The Morgan fingerprint density at radius 2 is 1.17 bits per heavy atom. The maximum Gasteiger partial charge on any atom is 0.309 e. The van der Waals surface area contributed by atoms with Crippen molar-refractivity contribution in [1.29, 1.82) is 0 Å². The summed E-state index contributed by atoms with van der Waals surface area (Å²) in [6.07, 6.45) is 25.4. The topological polar surface area (TPSA) is 63.6 Å². The van der Waals surface area contributed by atoms with E-state index >= 15 is 0 Å². The first-order chi connectivity index (χ1) is 16.9. The van der Waals surface area contributed by atoms with Gasteiger partial charge in [0.1, 0.15) is 6.10 Å². The van der Waals surface area contributed by atoms with E-state index in [0.29, 0.717) is 12.8 Å². The van der Waals surface area contributed by atoms with Gasteiger partial charge in [0, 0.05) is 0 Å². The van der Waals surface area contributed by atoms with Gasteiger partial charge in [-0.15, -0.1) is 0 Å². The van der Waals surface area contributed by atoms with Gasteiger partial charge in [-0.25, -0.2) is 0 Å². The van der Waals surface area contributed by atoms with Crippen molar-refractivity contribution in [3.8, 4) is 0 Å². The second-order valence-electron chi connectivity index (χ2n) is 11.7. The second kappa shape index (κ2) is 21.1. The molecule has 1 fully saturated rings. The molecule has 0 saturated heterocycles. The van der Waals surface area contributed by atoms with E-state index in [4.69, 9.17) is 4.74 Å². The predicted octanol–water partition coefficient (Wildman–Crippen LogP) is 9.49. The summed E-state index contributed by atoms with van der Waals surface area (Å²) in [6, 6.07) is 0. The van der Waals surface area contributed by atoms with Gasteiger partial charge in [0.15, 0.2) is 0 Å². The minimum absolute atomic E-state index is 0.0115. The summed E-state index contributed by atoms with van der Waals surface area (Å²) in [5, 5.41) is 9.36. The molecule has 4 nitrogen and oxygen atoms in total. The minimum atomic E-state index is -0.762. The molecule has 3 unspecified atom stereocenters. The van der Waals surface area contributed by atoms with Crippen molar-refractivity contribution in [1.82, 2.24) is 0 Å². The molecule has 0 aromatic carbocycles. The Labute approximate surface area is 217 Å². The van der Waals surface area contributed by atoms with Crippen LogP contribution in [0.3, 0.4) is 0 Å². The Bertz CT molecular complexity index is 530. The fourth-order valence-corrected chi connectivity index (χ4v) is 5.47. The molecule has 0 bridgehead atoms. The zero-order valence-electron chi connectivity index (χ0n) is 23.5. The van der Waals surface area contributed by atoms with E-state index in [9.17, 15) is 14.7 Å². The first-order valence-electron chi connectivity index (χ1n) is 15.4. The molecule has 1 N–H and O–H groups in total. The van der Waals surface area contributed by atoms with E-state index in [-0.39, 0.29) is 23.9 Å². The van der Waals surface area contributed by atoms with Crippen LogP contribution in [0.15, 0.2) is 0 Å². The van der Waals surface area contributed by atoms with Crippen LogP contribution in [0, 0.1) is 17.8 Å². The van der Waals surface area contributed by atoms with Crippen molar-refractivity contribution < 1.29 is 19.4 Å². The lowest BCUT2D eigenvalue weighted by atomic mass is 9.81. The third-order valence-corrected chi connectivity index (χ3v) is 7.83. The molecule has 4 heteroatoms. The lowest BCUT2D eigenvalue weighted by molar-refractivity contribution is -0.158. The average Bonchev–Trinajstić information content (AvgIpc) is 2.84. The van der Waals surface area contributed by atoms with Gasteiger partial charge in [-0.05, 0) is 50.9 Å². The number of rotatable bonds is 22. The van der Waals surface area contributed by atoms with Gasteiger partial charge in [-0.3, -0.25) is 9.59 Å². The smallest absolute Gasteiger partial charge is 0.309 e. The summed E-state index contributed by atoms with van der Waals surface area (Å²) >= 11 is 0. The van der Waals surface area contributed by atoms with Crippen molar-refractivity contribution in [2.45, 2.75) is 168 Å². The number of hydrogen-bond donors (Lipinski definition) is 1. The third kappa shape index (κ3) is 17.1. The minimum Gasteiger partial charge on any atom is -0.481 e. The number of aliphatic carboxylic acids is 1. The highest BCUT2D eigenvalue weighted by Crippen LogP contribution is 2.31. The third-order valence-electron chi connectivity index (χ3n) is 7.83. The molecule has 3 atom stereocenters. The van der Waals surface area contributed by atoms with Crippen LogP contribution in [-0.2, 0) is 14.3 Å². The van der Waals surface area contributed by atoms with Crippen LogP contribution in [0.25, 0.3) is 0 Å². The van der Waals surface area contributed by atoms with Crippen LogP contribution in [0.5, 0.6) is 0 Å². The van der Waals surface area contributed by atoms with Crippen molar-refractivity contribution in [2.75, 3.05) is 0 Å². The van der Waals surface area contributed by atoms with Crippen LogP contribution >= 0.6 is 0 Å². The lowest BCUT2D eigenvalue weighted by Gasteiger charge is -2.27. The van der Waals surface area contributed by atoms with E-state index < -0.39 is 5.97 Å². The van der Waals surface area contributed by atoms with Crippen molar-refractivity contribution in [3.05, 3.63) is 0 Å². The highest BCUT2D eigenvalue weighted by molar-refractivity contribution is 5.75. The summed E-state index contributed by atoms with van der Waals surface area (Å²) in [5.41, 5.74) is 0. The summed E-state index contributed by atoms with van der Waals surface area (Å²) in [7, 11) is 0. The van der Waals surface area contributed by atoms with Gasteiger partial charge in [-0.1, -0.05) is 117 Å². The van der Waals surface area contributed by atoms with Crippen LogP contribution in [-0.4, -0.2) is 23.1 Å². The SMILES string of the molecule is CCCCCCCCCCCCC(CCCCCCCC(C)C)OC(=O)C1CCCC(C(=O)O)C1. The normalized spacial score (nSPS) is 19.1. The van der Waals surface area contributed by atoms with Gasteiger partial charge in [0.25, 0.3) is 0 Å². The molecule has 1 aliphatic rings. The Hall–Kier alpha value is -1.06. The summed E-state index contributed by atoms with van der Waals surface area (Å²) in [4.78, 5) is 24.3. The number of carbonyl (C=O) groups excluding carboxylic acids is 1. The molecule has 0 aliphatic heterocycles. The van der Waals surface area contributed by atoms with Crippen LogP contribution in [0.1, 0.15) is 162 Å². The second-order valence-corrected chi connectivity index (χ2v) is 11.7. The van der Waals surface area contributed by atoms with Gasteiger partial charge < -0.3 is 9.84 Å². The molecule has 1 rings (SSSR count). The highest BCUT2D eigenvalue weighted by Gasteiger charge is 2.32. The van der Waals surface area contributed by atoms with E-state index in [2.05, 4.69) is 20.8 Å². The number of carbonyl (C=O) groups is 2. The number of carboxylic acids is 1. The fourth-order valence-electron chi connectivity index (χ4n) is 5.47. The standard InChI is InChI=1S/C31H58O4/c1-4-5-6-7-8-9-10-11-14-17-23-29(24-18-15-12-13-16-20-26(2)3)35-31(34)28-22-19-21-27(25-28)30(32)33/h26-29H,4-25H2,1-3H3,(H,32,33). The Morgan fingerprint density at radius 3 is 1.66 bits per heavy atom. The zero-order valence-corrected chi connectivity index (χ0v) is 23.5. The molecule has 35 heavy (non-hydrogen) atoms. The molecule has 1 saturated carbocycles. The van der Waals surface area contributed by atoms with E-state index in [1.54, 1.807) is 0 Å². The first kappa shape index (κ1) is 32.0. The lowest BCUT2D eigenvalue weighted by Crippen LogP contribution is -2.31. The molecule has 0 spiro atoms. The zero-order chi connectivity index (χ0) is 25.7. The predicted molar refractivity (Wildman–Crippen MR) is 147 cm³/mol. The van der Waals surface area contributed by atoms with Gasteiger partial charge in [0.05, 0.1) is 11.8 Å². The number of carboxylic acid groups (broad SMARTS) is 1. The molecule has 0 aromatic heterocycles.